The first-order valence-electron chi connectivity index (χ1n) is 14.5. The van der Waals surface area contributed by atoms with Crippen LogP contribution in [0.5, 0.6) is 11.5 Å². The molecule has 44 heavy (non-hydrogen) atoms. The van der Waals surface area contributed by atoms with Crippen LogP contribution in [0.15, 0.2) is 66.7 Å². The lowest BCUT2D eigenvalue weighted by molar-refractivity contribution is -0.180. The van der Waals surface area contributed by atoms with E-state index < -0.39 is 29.0 Å². The van der Waals surface area contributed by atoms with E-state index in [0.29, 0.717) is 72.1 Å². The molecule has 4 aromatic rings. The summed E-state index contributed by atoms with van der Waals surface area (Å²) < 4.78 is 16.9. The van der Waals surface area contributed by atoms with E-state index in [1.54, 1.807) is 44.6 Å². The molecule has 1 amide bonds. The van der Waals surface area contributed by atoms with Gasteiger partial charge in [-0.15, -0.1) is 0 Å². The van der Waals surface area contributed by atoms with E-state index >= 15 is 0 Å². The average molecular weight is 598 g/mol. The highest BCUT2D eigenvalue weighted by Gasteiger charge is 2.54. The monoisotopic (exact) mass is 597 g/mol. The van der Waals surface area contributed by atoms with E-state index in [1.807, 2.05) is 41.3 Å². The van der Waals surface area contributed by atoms with Gasteiger partial charge in [0.05, 0.1) is 25.2 Å². The van der Waals surface area contributed by atoms with Crippen LogP contribution in [0, 0.1) is 5.41 Å². The number of carbonyl (C=O) groups excluding carboxylic acids is 2. The van der Waals surface area contributed by atoms with Crippen molar-refractivity contribution in [3.8, 4) is 11.5 Å². The molecule has 11 heteroatoms. The highest BCUT2D eigenvalue weighted by molar-refractivity contribution is 5.92. The molecule has 1 aliphatic heterocycles. The SMILES string of the molecule is COc1cc2nc(N3CCC(Cc4ccccc4)(C(=O)OC4Cc5ccccc5C4(O)C(N)=O)CC3)nc(N)c2cc1OC. The Hall–Kier alpha value is -4.90. The number of anilines is 2. The number of rotatable bonds is 8. The third kappa shape index (κ3) is 4.92. The molecule has 5 N–H and O–H groups in total. The summed E-state index contributed by atoms with van der Waals surface area (Å²) in [6.07, 6.45) is 0.317. The topological polar surface area (TPSA) is 163 Å². The largest absolute Gasteiger partial charge is 0.493 e. The van der Waals surface area contributed by atoms with Crippen LogP contribution in [0.1, 0.15) is 29.5 Å². The van der Waals surface area contributed by atoms with E-state index in [2.05, 4.69) is 4.98 Å². The first-order valence-corrected chi connectivity index (χ1v) is 14.5. The maximum atomic E-state index is 14.2. The third-order valence-corrected chi connectivity index (χ3v) is 8.96. The molecule has 11 nitrogen and oxygen atoms in total. The van der Waals surface area contributed by atoms with Gasteiger partial charge < -0.3 is 35.7 Å². The van der Waals surface area contributed by atoms with Crippen molar-refractivity contribution in [3.63, 3.8) is 0 Å². The van der Waals surface area contributed by atoms with Crippen LogP contribution < -0.4 is 25.8 Å². The molecule has 2 atom stereocenters. The first kappa shape index (κ1) is 29.2. The highest BCUT2D eigenvalue weighted by atomic mass is 16.6. The number of nitrogens with zero attached hydrogens (tertiary/aromatic N) is 3. The van der Waals surface area contributed by atoms with Crippen molar-refractivity contribution in [3.05, 3.63) is 83.4 Å². The Labute approximate surface area is 254 Å². The molecular formula is C33H35N5O6. The summed E-state index contributed by atoms with van der Waals surface area (Å²) in [5, 5.41) is 12.1. The first-order chi connectivity index (χ1) is 21.2. The van der Waals surface area contributed by atoms with Crippen LogP contribution in [0.4, 0.5) is 11.8 Å². The summed E-state index contributed by atoms with van der Waals surface area (Å²) in [7, 11) is 3.11. The number of methoxy groups -OCH3 is 2. The van der Waals surface area contributed by atoms with Gasteiger partial charge in [-0.2, -0.15) is 4.98 Å². The number of fused-ring (bicyclic) bond motifs is 2. The molecule has 2 aliphatic rings. The van der Waals surface area contributed by atoms with E-state index in [9.17, 15) is 14.7 Å². The predicted octanol–water partition coefficient (Wildman–Crippen LogP) is 2.90. The normalized spacial score (nSPS) is 20.6. The number of nitrogens with two attached hydrogens (primary N) is 2. The van der Waals surface area contributed by atoms with Crippen molar-refractivity contribution in [2.45, 2.75) is 37.4 Å². The second-order valence-electron chi connectivity index (χ2n) is 11.4. The Morgan fingerprint density at radius 2 is 1.64 bits per heavy atom. The van der Waals surface area contributed by atoms with Crippen LogP contribution in [0.2, 0.25) is 0 Å². The quantitative estimate of drug-likeness (QED) is 0.257. The highest BCUT2D eigenvalue weighted by Crippen LogP contribution is 2.43. The summed E-state index contributed by atoms with van der Waals surface area (Å²) in [4.78, 5) is 38.1. The van der Waals surface area contributed by atoms with Gasteiger partial charge in [-0.3, -0.25) is 9.59 Å². The van der Waals surface area contributed by atoms with Crippen LogP contribution in [0.25, 0.3) is 10.9 Å². The average Bonchev–Trinajstić information content (AvgIpc) is 3.33. The van der Waals surface area contributed by atoms with Crippen LogP contribution in [-0.4, -0.2) is 60.4 Å². The number of carbonyl (C=O) groups is 2. The van der Waals surface area contributed by atoms with Crippen LogP contribution >= 0.6 is 0 Å². The van der Waals surface area contributed by atoms with Gasteiger partial charge >= 0.3 is 5.97 Å². The lowest BCUT2D eigenvalue weighted by Gasteiger charge is -2.41. The molecule has 0 bridgehead atoms. The van der Waals surface area contributed by atoms with Gasteiger partial charge in [0.2, 0.25) is 11.5 Å². The Bertz CT molecular complexity index is 1720. The number of hydrogen-bond acceptors (Lipinski definition) is 10. The maximum absolute atomic E-state index is 14.2. The van der Waals surface area contributed by atoms with E-state index in [0.717, 1.165) is 11.1 Å². The molecule has 6 rings (SSSR count). The number of piperidine rings is 1. The van der Waals surface area contributed by atoms with Gasteiger partial charge in [0.1, 0.15) is 11.9 Å². The molecule has 0 saturated carbocycles. The molecule has 1 saturated heterocycles. The number of ether oxygens (including phenoxy) is 3. The Kier molecular flexibility index (Phi) is 7.50. The fourth-order valence-electron chi connectivity index (χ4n) is 6.45. The second kappa shape index (κ2) is 11.3. The molecular weight excluding hydrogens is 562 g/mol. The van der Waals surface area contributed by atoms with Crippen molar-refractivity contribution in [2.24, 2.45) is 11.1 Å². The summed E-state index contributed by atoms with van der Waals surface area (Å²) in [6, 6.07) is 20.2. The number of aromatic nitrogens is 2. The fraction of sp³-hybridized carbons (Fsp3) is 0.333. The molecule has 2 unspecified atom stereocenters. The lowest BCUT2D eigenvalue weighted by Crippen LogP contribution is -2.53. The number of nitrogen functional groups attached to an aromatic ring is 1. The summed E-state index contributed by atoms with van der Waals surface area (Å²) >= 11 is 0. The minimum Gasteiger partial charge on any atom is -0.493 e. The van der Waals surface area contributed by atoms with Crippen molar-refractivity contribution in [1.29, 1.82) is 0 Å². The van der Waals surface area contributed by atoms with E-state index in [-0.39, 0.29) is 6.42 Å². The molecule has 1 aromatic heterocycles. The van der Waals surface area contributed by atoms with Crippen LogP contribution in [-0.2, 0) is 32.8 Å². The number of amides is 1. The third-order valence-electron chi connectivity index (χ3n) is 8.96. The minimum atomic E-state index is -2.11. The minimum absolute atomic E-state index is 0.188. The smallest absolute Gasteiger partial charge is 0.312 e. The van der Waals surface area contributed by atoms with Gasteiger partial charge in [-0.25, -0.2) is 4.98 Å². The molecule has 1 fully saturated rings. The summed E-state index contributed by atoms with van der Waals surface area (Å²) in [5.74, 6) is 0.370. The van der Waals surface area contributed by atoms with Crippen molar-refractivity contribution < 1.29 is 28.9 Å². The number of esters is 1. The molecule has 1 aliphatic carbocycles. The second-order valence-corrected chi connectivity index (χ2v) is 11.4. The molecule has 0 spiro atoms. The molecule has 2 heterocycles. The van der Waals surface area contributed by atoms with Gasteiger partial charge in [0, 0.05) is 36.5 Å². The number of primary amides is 1. The van der Waals surface area contributed by atoms with Gasteiger partial charge in [-0.05, 0) is 36.5 Å². The standard InChI is InChI=1S/C33H35N5O6/c1-42-25-17-22-24(18-26(25)43-2)36-31(37-28(22)34)38-14-12-32(13-15-38,19-20-8-4-3-5-9-20)30(40)44-27-16-21-10-6-7-11-23(21)33(27,41)29(35)39/h3-11,17-18,27,41H,12-16,19H2,1-2H3,(H2,35,39)(H2,34,36,37). The zero-order chi connectivity index (χ0) is 31.1. The Morgan fingerprint density at radius 3 is 2.32 bits per heavy atom. The molecule has 0 radical (unpaired) electrons. The number of aliphatic hydroxyl groups is 1. The lowest BCUT2D eigenvalue weighted by atomic mass is 9.73. The fourth-order valence-corrected chi connectivity index (χ4v) is 6.45. The van der Waals surface area contributed by atoms with E-state index in [4.69, 9.17) is 30.7 Å². The molecule has 228 valence electrons. The Morgan fingerprint density at radius 1 is 0.977 bits per heavy atom. The zero-order valence-electron chi connectivity index (χ0n) is 24.7. The number of benzene rings is 3. The Balaban J connectivity index is 1.28. The van der Waals surface area contributed by atoms with Gasteiger partial charge in [-0.1, -0.05) is 54.6 Å². The van der Waals surface area contributed by atoms with Crippen molar-refractivity contribution >= 4 is 34.5 Å². The predicted molar refractivity (Wildman–Crippen MR) is 164 cm³/mol. The van der Waals surface area contributed by atoms with Crippen molar-refractivity contribution in [2.75, 3.05) is 37.9 Å². The van der Waals surface area contributed by atoms with E-state index in [1.165, 1.54) is 0 Å². The van der Waals surface area contributed by atoms with Gasteiger partial charge in [0.15, 0.2) is 11.5 Å². The summed E-state index contributed by atoms with van der Waals surface area (Å²) in [5.41, 5.74) is 11.7. The zero-order valence-corrected chi connectivity index (χ0v) is 24.7. The number of hydrogen-bond donors (Lipinski definition) is 3. The molecule has 3 aromatic carbocycles. The van der Waals surface area contributed by atoms with Crippen molar-refractivity contribution in [1.82, 2.24) is 9.97 Å². The van der Waals surface area contributed by atoms with Gasteiger partial charge in [0.25, 0.3) is 5.91 Å². The summed E-state index contributed by atoms with van der Waals surface area (Å²) in [6.45, 7) is 0.899. The van der Waals surface area contributed by atoms with Crippen LogP contribution in [0.3, 0.4) is 0 Å². The maximum Gasteiger partial charge on any atom is 0.312 e.